The van der Waals surface area contributed by atoms with Crippen molar-refractivity contribution in [2.75, 3.05) is 19.8 Å². The van der Waals surface area contributed by atoms with Gasteiger partial charge in [-0.3, -0.25) is 0 Å². The van der Waals surface area contributed by atoms with Crippen molar-refractivity contribution in [3.05, 3.63) is 35.9 Å². The molecule has 0 saturated carbocycles. The monoisotopic (exact) mass is 263 g/mol. The molecule has 0 aliphatic carbocycles. The van der Waals surface area contributed by atoms with Crippen molar-refractivity contribution in [2.45, 2.75) is 33.1 Å². The van der Waals surface area contributed by atoms with Crippen molar-refractivity contribution in [1.29, 1.82) is 0 Å². The summed E-state index contributed by atoms with van der Waals surface area (Å²) in [4.78, 5) is 0. The van der Waals surface area contributed by atoms with E-state index in [2.05, 4.69) is 20.4 Å². The summed E-state index contributed by atoms with van der Waals surface area (Å²) in [6, 6.07) is 5.95. The van der Waals surface area contributed by atoms with Crippen LogP contribution in [0, 0.1) is 0 Å². The van der Waals surface area contributed by atoms with Crippen LogP contribution in [0.25, 0.3) is 0 Å². The topological polar surface area (TPSA) is 44.5 Å². The van der Waals surface area contributed by atoms with Crippen LogP contribution in [0.15, 0.2) is 30.4 Å². The maximum absolute atomic E-state index is 5.83. The minimum Gasteiger partial charge on any atom is -0.493 e. The average Bonchev–Trinajstić information content (AvgIpc) is 2.44. The molecular weight excluding hydrogens is 238 g/mol. The van der Waals surface area contributed by atoms with Crippen molar-refractivity contribution in [2.24, 2.45) is 5.73 Å². The van der Waals surface area contributed by atoms with Gasteiger partial charge in [0.1, 0.15) is 18.1 Å². The number of nitrogens with two attached hydrogens (primary N) is 1. The highest BCUT2D eigenvalue weighted by Gasteiger charge is 2.06. The molecule has 0 heterocycles. The van der Waals surface area contributed by atoms with E-state index in [1.54, 1.807) is 0 Å². The van der Waals surface area contributed by atoms with E-state index in [-0.39, 0.29) is 0 Å². The molecule has 0 fully saturated rings. The predicted octanol–water partition coefficient (Wildman–Crippen LogP) is 3.32. The summed E-state index contributed by atoms with van der Waals surface area (Å²) in [5, 5.41) is 0. The van der Waals surface area contributed by atoms with Crippen LogP contribution in [0.2, 0.25) is 0 Å². The van der Waals surface area contributed by atoms with E-state index in [0.717, 1.165) is 48.5 Å². The summed E-state index contributed by atoms with van der Waals surface area (Å²) in [6.07, 6.45) is 2.73. The van der Waals surface area contributed by atoms with Gasteiger partial charge >= 0.3 is 0 Å². The van der Waals surface area contributed by atoms with Crippen LogP contribution in [0.5, 0.6) is 11.5 Å². The molecule has 106 valence electrons. The minimum atomic E-state index is 0.547. The third-order valence-corrected chi connectivity index (χ3v) is 2.86. The van der Waals surface area contributed by atoms with Gasteiger partial charge in [0.05, 0.1) is 6.61 Å². The Morgan fingerprint density at radius 1 is 1.26 bits per heavy atom. The Kier molecular flexibility index (Phi) is 7.04. The summed E-state index contributed by atoms with van der Waals surface area (Å²) in [6.45, 7) is 10.00. The lowest BCUT2D eigenvalue weighted by Gasteiger charge is -2.14. The largest absolute Gasteiger partial charge is 0.493 e. The van der Waals surface area contributed by atoms with Crippen LogP contribution in [0.3, 0.4) is 0 Å². The first kappa shape index (κ1) is 15.6. The Morgan fingerprint density at radius 3 is 2.68 bits per heavy atom. The first-order valence-electron chi connectivity index (χ1n) is 6.96. The SMILES string of the molecule is C=C(CC)COc1cc(OCCC)ccc1CCN. The number of hydrogen-bond acceptors (Lipinski definition) is 3. The molecule has 3 heteroatoms. The molecule has 0 aliphatic rings. The maximum Gasteiger partial charge on any atom is 0.126 e. The molecule has 3 nitrogen and oxygen atoms in total. The van der Waals surface area contributed by atoms with E-state index in [0.29, 0.717) is 13.2 Å². The second kappa shape index (κ2) is 8.59. The van der Waals surface area contributed by atoms with Gasteiger partial charge in [-0.05, 0) is 43.0 Å². The molecule has 19 heavy (non-hydrogen) atoms. The van der Waals surface area contributed by atoms with Gasteiger partial charge in [-0.1, -0.05) is 26.5 Å². The Balaban J connectivity index is 2.78. The first-order valence-corrected chi connectivity index (χ1v) is 6.96. The van der Waals surface area contributed by atoms with Crippen molar-refractivity contribution in [1.82, 2.24) is 0 Å². The van der Waals surface area contributed by atoms with Crippen molar-refractivity contribution in [3.63, 3.8) is 0 Å². The number of ether oxygens (including phenoxy) is 2. The molecule has 0 unspecified atom stereocenters. The molecule has 2 N–H and O–H groups in total. The number of rotatable bonds is 9. The van der Waals surface area contributed by atoms with Crippen LogP contribution in [0.4, 0.5) is 0 Å². The van der Waals surface area contributed by atoms with Crippen molar-refractivity contribution < 1.29 is 9.47 Å². The molecule has 0 bridgehead atoms. The lowest BCUT2D eigenvalue weighted by molar-refractivity contribution is 0.309. The third-order valence-electron chi connectivity index (χ3n) is 2.86. The summed E-state index contributed by atoms with van der Waals surface area (Å²) in [5.41, 5.74) is 7.83. The van der Waals surface area contributed by atoms with Crippen molar-refractivity contribution >= 4 is 0 Å². The van der Waals surface area contributed by atoms with Crippen molar-refractivity contribution in [3.8, 4) is 11.5 Å². The fraction of sp³-hybridized carbons (Fsp3) is 0.500. The van der Waals surface area contributed by atoms with Gasteiger partial charge in [-0.15, -0.1) is 0 Å². The fourth-order valence-electron chi connectivity index (χ4n) is 1.62. The fourth-order valence-corrected chi connectivity index (χ4v) is 1.62. The Hall–Kier alpha value is -1.48. The van der Waals surface area contributed by atoms with E-state index in [4.69, 9.17) is 15.2 Å². The van der Waals surface area contributed by atoms with Gasteiger partial charge in [0.15, 0.2) is 0 Å². The molecule has 0 saturated heterocycles. The summed E-state index contributed by atoms with van der Waals surface area (Å²) in [5.74, 6) is 1.70. The zero-order valence-corrected chi connectivity index (χ0v) is 12.1. The number of benzene rings is 1. The lowest BCUT2D eigenvalue weighted by Crippen LogP contribution is -2.07. The highest BCUT2D eigenvalue weighted by molar-refractivity contribution is 5.41. The molecule has 0 aromatic heterocycles. The van der Waals surface area contributed by atoms with E-state index < -0.39 is 0 Å². The lowest BCUT2D eigenvalue weighted by atomic mass is 10.1. The molecule has 0 amide bonds. The molecule has 0 atom stereocenters. The Morgan fingerprint density at radius 2 is 2.05 bits per heavy atom. The highest BCUT2D eigenvalue weighted by Crippen LogP contribution is 2.26. The van der Waals surface area contributed by atoms with E-state index in [9.17, 15) is 0 Å². The quantitative estimate of drug-likeness (QED) is 0.695. The average molecular weight is 263 g/mol. The summed E-state index contributed by atoms with van der Waals surface area (Å²) < 4.78 is 11.5. The van der Waals surface area contributed by atoms with E-state index in [1.165, 1.54) is 0 Å². The molecular formula is C16H25NO2. The molecule has 1 aromatic carbocycles. The van der Waals surface area contributed by atoms with Gasteiger partial charge in [-0.25, -0.2) is 0 Å². The van der Waals surface area contributed by atoms with Gasteiger partial charge in [0.25, 0.3) is 0 Å². The zero-order chi connectivity index (χ0) is 14.1. The summed E-state index contributed by atoms with van der Waals surface area (Å²) >= 11 is 0. The van der Waals surface area contributed by atoms with Gasteiger partial charge in [0, 0.05) is 6.07 Å². The van der Waals surface area contributed by atoms with Crippen LogP contribution >= 0.6 is 0 Å². The molecule has 0 aliphatic heterocycles. The van der Waals surface area contributed by atoms with E-state index >= 15 is 0 Å². The van der Waals surface area contributed by atoms with Crippen LogP contribution in [0.1, 0.15) is 32.3 Å². The molecule has 1 rings (SSSR count). The van der Waals surface area contributed by atoms with Crippen LogP contribution in [-0.2, 0) is 6.42 Å². The molecule has 1 aromatic rings. The molecule has 0 spiro atoms. The normalized spacial score (nSPS) is 10.3. The Labute approximate surface area is 116 Å². The van der Waals surface area contributed by atoms with Crippen LogP contribution < -0.4 is 15.2 Å². The Bertz CT molecular complexity index is 402. The summed E-state index contributed by atoms with van der Waals surface area (Å²) in [7, 11) is 0. The predicted molar refractivity (Wildman–Crippen MR) is 79.9 cm³/mol. The van der Waals surface area contributed by atoms with Gasteiger partial charge in [0.2, 0.25) is 0 Å². The van der Waals surface area contributed by atoms with E-state index in [1.807, 2.05) is 18.2 Å². The third kappa shape index (κ3) is 5.35. The second-order valence-corrected chi connectivity index (χ2v) is 4.55. The van der Waals surface area contributed by atoms with Gasteiger partial charge < -0.3 is 15.2 Å². The molecule has 0 radical (unpaired) electrons. The highest BCUT2D eigenvalue weighted by atomic mass is 16.5. The van der Waals surface area contributed by atoms with Gasteiger partial charge in [-0.2, -0.15) is 0 Å². The minimum absolute atomic E-state index is 0.547. The van der Waals surface area contributed by atoms with Crippen LogP contribution in [-0.4, -0.2) is 19.8 Å². The smallest absolute Gasteiger partial charge is 0.126 e. The first-order chi connectivity index (χ1) is 9.21. The second-order valence-electron chi connectivity index (χ2n) is 4.55. The number of hydrogen-bond donors (Lipinski definition) is 1. The zero-order valence-electron chi connectivity index (χ0n) is 12.1. The standard InChI is InChI=1S/C16H25NO2/c1-4-10-18-15-7-6-14(8-9-17)16(11-15)19-12-13(3)5-2/h6-7,11H,3-5,8-10,12,17H2,1-2H3. The maximum atomic E-state index is 5.83.